The van der Waals surface area contributed by atoms with E-state index in [1.54, 1.807) is 26.0 Å². The van der Waals surface area contributed by atoms with Crippen molar-refractivity contribution in [3.8, 4) is 11.5 Å². The molecule has 9 heteroatoms. The minimum absolute atomic E-state index is 0.0711. The molecule has 0 saturated carbocycles. The Morgan fingerprint density at radius 3 is 2.42 bits per heavy atom. The third kappa shape index (κ3) is 5.65. The number of carbonyl (C=O) groups excluding carboxylic acids is 3. The van der Waals surface area contributed by atoms with Crippen molar-refractivity contribution in [2.75, 3.05) is 24.7 Å². The van der Waals surface area contributed by atoms with Gasteiger partial charge in [0.05, 0.1) is 12.3 Å². The van der Waals surface area contributed by atoms with E-state index in [0.717, 1.165) is 20.3 Å². The van der Waals surface area contributed by atoms with Crippen LogP contribution < -0.4 is 14.4 Å². The van der Waals surface area contributed by atoms with Crippen LogP contribution in [0.2, 0.25) is 0 Å². The van der Waals surface area contributed by atoms with E-state index in [1.165, 1.54) is 4.90 Å². The number of fused-ring (bicyclic) bond motifs is 2. The van der Waals surface area contributed by atoms with E-state index in [2.05, 4.69) is 31.9 Å². The number of Topliss-reactive ketones (excluding diaryl/α,β-unsaturated/α-hetero) is 1. The molecule has 4 rings (SSSR count). The lowest BCUT2D eigenvalue weighted by molar-refractivity contribution is -0.145. The molecule has 0 aliphatic carbocycles. The number of rotatable bonds is 3. The van der Waals surface area contributed by atoms with Crippen LogP contribution in [0.5, 0.6) is 11.5 Å². The second kappa shape index (κ2) is 10.3. The summed E-state index contributed by atoms with van der Waals surface area (Å²) in [5.74, 6) is 0.868. The number of anilines is 1. The Morgan fingerprint density at radius 1 is 1.06 bits per heavy atom. The highest BCUT2D eigenvalue weighted by atomic mass is 79.9. The minimum Gasteiger partial charge on any atom is -0.486 e. The molecule has 1 unspecified atom stereocenters. The van der Waals surface area contributed by atoms with E-state index < -0.39 is 12.0 Å². The van der Waals surface area contributed by atoms with Crippen molar-refractivity contribution >= 4 is 55.2 Å². The molecule has 2 heterocycles. The summed E-state index contributed by atoms with van der Waals surface area (Å²) in [6.45, 7) is 3.81. The molecule has 164 valence electrons. The van der Waals surface area contributed by atoms with Crippen LogP contribution >= 0.6 is 31.9 Å². The van der Waals surface area contributed by atoms with E-state index in [9.17, 15) is 14.4 Å². The van der Waals surface area contributed by atoms with Crippen LogP contribution in [0.15, 0.2) is 45.3 Å². The smallest absolute Gasteiger partial charge is 0.328 e. The van der Waals surface area contributed by atoms with Crippen molar-refractivity contribution in [3.63, 3.8) is 0 Å². The number of halogens is 2. The normalized spacial score (nSPS) is 15.4. The molecule has 0 bridgehead atoms. The molecule has 31 heavy (non-hydrogen) atoms. The lowest BCUT2D eigenvalue weighted by Crippen LogP contribution is -2.48. The highest BCUT2D eigenvalue weighted by molar-refractivity contribution is 9.10. The Morgan fingerprint density at radius 2 is 1.71 bits per heavy atom. The number of hydrogen-bond donors (Lipinski definition) is 0. The molecule has 0 radical (unpaired) electrons. The number of ketones is 1. The van der Waals surface area contributed by atoms with Crippen molar-refractivity contribution in [1.29, 1.82) is 0 Å². The van der Waals surface area contributed by atoms with Gasteiger partial charge >= 0.3 is 5.97 Å². The summed E-state index contributed by atoms with van der Waals surface area (Å²) >= 11 is 6.69. The Bertz CT molecular complexity index is 1010. The van der Waals surface area contributed by atoms with Crippen LogP contribution in [-0.4, -0.2) is 43.5 Å². The van der Waals surface area contributed by atoms with Crippen molar-refractivity contribution in [3.05, 3.63) is 50.9 Å². The van der Waals surface area contributed by atoms with E-state index >= 15 is 0 Å². The fourth-order valence-corrected chi connectivity index (χ4v) is 3.94. The van der Waals surface area contributed by atoms with Gasteiger partial charge in [0.1, 0.15) is 24.1 Å². The fraction of sp³-hybridized carbons (Fsp3) is 0.318. The molecule has 0 aromatic heterocycles. The average molecular weight is 555 g/mol. The molecule has 0 saturated heterocycles. The molecule has 0 N–H and O–H groups in total. The zero-order valence-corrected chi connectivity index (χ0v) is 20.2. The van der Waals surface area contributed by atoms with E-state index in [1.807, 2.05) is 24.3 Å². The number of benzene rings is 2. The van der Waals surface area contributed by atoms with Crippen molar-refractivity contribution in [2.45, 2.75) is 26.3 Å². The summed E-state index contributed by atoms with van der Waals surface area (Å²) in [7, 11) is 0. The Labute approximate surface area is 196 Å². The number of amides is 1. The second-order valence-corrected chi connectivity index (χ2v) is 8.68. The zero-order chi connectivity index (χ0) is 22.5. The maximum atomic E-state index is 12.0. The van der Waals surface area contributed by atoms with Gasteiger partial charge in [-0.15, -0.1) is 0 Å². The Hall–Kier alpha value is -2.39. The van der Waals surface area contributed by atoms with Gasteiger partial charge in [0.2, 0.25) is 0 Å². The molecule has 0 spiro atoms. The SMILES string of the molecule is CCOC(=O)C(C)N1C(=O)COc2ccc(Br)cc21.O=C1COc2ccc(Br)cc2C1. The van der Waals surface area contributed by atoms with Crippen LogP contribution in [0.4, 0.5) is 5.69 Å². The summed E-state index contributed by atoms with van der Waals surface area (Å²) in [5, 5.41) is 0. The second-order valence-electron chi connectivity index (χ2n) is 6.85. The maximum absolute atomic E-state index is 12.0. The highest BCUT2D eigenvalue weighted by Gasteiger charge is 2.33. The molecule has 2 aliphatic rings. The van der Waals surface area contributed by atoms with Crippen LogP contribution in [0.1, 0.15) is 19.4 Å². The predicted molar refractivity (Wildman–Crippen MR) is 122 cm³/mol. The van der Waals surface area contributed by atoms with Crippen molar-refractivity contribution in [1.82, 2.24) is 0 Å². The van der Waals surface area contributed by atoms with Gasteiger partial charge in [-0.1, -0.05) is 31.9 Å². The standard InChI is InChI=1S/C13H14BrNO4.C9H7BrO2/c1-3-18-13(17)8(2)15-10-6-9(14)4-5-11(10)19-7-12(15)16;10-7-1-2-9-6(3-7)4-8(11)5-12-9/h4-6,8H,3,7H2,1-2H3;1-3H,4-5H2. The maximum Gasteiger partial charge on any atom is 0.328 e. The zero-order valence-electron chi connectivity index (χ0n) is 17.0. The van der Waals surface area contributed by atoms with E-state index in [4.69, 9.17) is 14.2 Å². The summed E-state index contributed by atoms with van der Waals surface area (Å²) in [6.07, 6.45) is 0.495. The summed E-state index contributed by atoms with van der Waals surface area (Å²) in [4.78, 5) is 36.2. The van der Waals surface area contributed by atoms with Gasteiger partial charge in [-0.2, -0.15) is 0 Å². The number of nitrogens with zero attached hydrogens (tertiary/aromatic N) is 1. The third-order valence-electron chi connectivity index (χ3n) is 4.61. The molecule has 2 aliphatic heterocycles. The number of hydrogen-bond acceptors (Lipinski definition) is 6. The van der Waals surface area contributed by atoms with Gasteiger partial charge in [0.15, 0.2) is 12.4 Å². The quantitative estimate of drug-likeness (QED) is 0.532. The first-order valence-corrected chi connectivity index (χ1v) is 11.2. The first-order chi connectivity index (χ1) is 14.8. The largest absolute Gasteiger partial charge is 0.486 e. The molecule has 7 nitrogen and oxygen atoms in total. The van der Waals surface area contributed by atoms with Crippen LogP contribution in [-0.2, 0) is 25.5 Å². The molecule has 0 fully saturated rings. The highest BCUT2D eigenvalue weighted by Crippen LogP contribution is 2.35. The molecule has 1 atom stereocenters. The van der Waals surface area contributed by atoms with Crippen molar-refractivity contribution < 1.29 is 28.6 Å². The van der Waals surface area contributed by atoms with Gasteiger partial charge < -0.3 is 14.2 Å². The molecule has 2 aromatic carbocycles. The van der Waals surface area contributed by atoms with E-state index in [-0.39, 0.29) is 31.5 Å². The Kier molecular flexibility index (Phi) is 7.72. The summed E-state index contributed by atoms with van der Waals surface area (Å²) < 4.78 is 17.3. The van der Waals surface area contributed by atoms with Gasteiger partial charge in [0, 0.05) is 20.9 Å². The predicted octanol–water partition coefficient (Wildman–Crippen LogP) is 4.08. The van der Waals surface area contributed by atoms with E-state index in [0.29, 0.717) is 17.9 Å². The first kappa shape index (κ1) is 23.3. The Balaban J connectivity index is 0.000000194. The summed E-state index contributed by atoms with van der Waals surface area (Å²) in [6, 6.07) is 10.4. The monoisotopic (exact) mass is 553 g/mol. The fourth-order valence-electron chi connectivity index (χ4n) is 3.19. The third-order valence-corrected chi connectivity index (χ3v) is 5.60. The molecular formula is C22H21Br2NO6. The first-order valence-electron chi connectivity index (χ1n) is 9.64. The number of carbonyl (C=O) groups is 3. The number of esters is 1. The van der Waals surface area contributed by atoms with Crippen LogP contribution in [0.25, 0.3) is 0 Å². The van der Waals surface area contributed by atoms with Gasteiger partial charge in [0.25, 0.3) is 5.91 Å². The van der Waals surface area contributed by atoms with Crippen LogP contribution in [0, 0.1) is 0 Å². The molecular weight excluding hydrogens is 534 g/mol. The van der Waals surface area contributed by atoms with Gasteiger partial charge in [-0.05, 0) is 50.2 Å². The number of ether oxygens (including phenoxy) is 3. The molecule has 2 aromatic rings. The lowest BCUT2D eigenvalue weighted by Gasteiger charge is -2.32. The summed E-state index contributed by atoms with van der Waals surface area (Å²) in [5.41, 5.74) is 1.55. The van der Waals surface area contributed by atoms with Gasteiger partial charge in [-0.3, -0.25) is 14.5 Å². The minimum atomic E-state index is -0.676. The van der Waals surface area contributed by atoms with Crippen molar-refractivity contribution in [2.24, 2.45) is 0 Å². The molecule has 1 amide bonds. The lowest BCUT2D eigenvalue weighted by atomic mass is 10.1. The topological polar surface area (TPSA) is 82.1 Å². The van der Waals surface area contributed by atoms with Gasteiger partial charge in [-0.25, -0.2) is 4.79 Å². The average Bonchev–Trinajstić information content (AvgIpc) is 2.73. The van der Waals surface area contributed by atoms with Crippen LogP contribution in [0.3, 0.4) is 0 Å².